The molecule has 1 heterocycles. The van der Waals surface area contributed by atoms with Crippen LogP contribution in [0.25, 0.3) is 10.2 Å². The normalized spacial score (nSPS) is 12.4. The van der Waals surface area contributed by atoms with Crippen molar-refractivity contribution in [2.75, 3.05) is 27.9 Å². The molecule has 0 saturated carbocycles. The van der Waals surface area contributed by atoms with Crippen molar-refractivity contribution in [3.05, 3.63) is 88.7 Å². The average Bonchev–Trinajstić information content (AvgIpc) is 3.23. The highest BCUT2D eigenvalue weighted by molar-refractivity contribution is 7.89. The van der Waals surface area contributed by atoms with Crippen LogP contribution in [0.5, 0.6) is 5.75 Å². The van der Waals surface area contributed by atoms with E-state index in [2.05, 4.69) is 4.99 Å². The summed E-state index contributed by atoms with van der Waals surface area (Å²) in [5.41, 5.74) is 2.11. The van der Waals surface area contributed by atoms with Crippen LogP contribution in [0.1, 0.15) is 15.9 Å². The van der Waals surface area contributed by atoms with Gasteiger partial charge in [0.2, 0.25) is 10.0 Å². The van der Waals surface area contributed by atoms with Crippen LogP contribution in [0.3, 0.4) is 0 Å². The quantitative estimate of drug-likeness (QED) is 0.330. The van der Waals surface area contributed by atoms with E-state index < -0.39 is 15.9 Å². The van der Waals surface area contributed by atoms with Gasteiger partial charge < -0.3 is 14.0 Å². The van der Waals surface area contributed by atoms with Crippen molar-refractivity contribution in [2.45, 2.75) is 18.0 Å². The summed E-state index contributed by atoms with van der Waals surface area (Å²) < 4.78 is 40.7. The molecule has 1 aromatic heterocycles. The number of thiazole rings is 1. The number of ether oxygens (including phenoxy) is 2. The zero-order chi connectivity index (χ0) is 25.7. The number of sulfonamides is 1. The lowest BCUT2D eigenvalue weighted by Crippen LogP contribution is -2.26. The third kappa shape index (κ3) is 5.57. The molecule has 10 heteroatoms. The smallest absolute Gasteiger partial charge is 0.279 e. The number of benzene rings is 3. The van der Waals surface area contributed by atoms with Gasteiger partial charge in [0.05, 0.1) is 28.8 Å². The zero-order valence-corrected chi connectivity index (χ0v) is 21.9. The highest BCUT2D eigenvalue weighted by atomic mass is 32.2. The summed E-state index contributed by atoms with van der Waals surface area (Å²) in [4.78, 5) is 18.0. The van der Waals surface area contributed by atoms with Gasteiger partial charge in [-0.2, -0.15) is 9.30 Å². The second-order valence-electron chi connectivity index (χ2n) is 8.05. The Labute approximate surface area is 214 Å². The first-order valence-electron chi connectivity index (χ1n) is 11.2. The van der Waals surface area contributed by atoms with Crippen LogP contribution >= 0.6 is 11.3 Å². The summed E-state index contributed by atoms with van der Waals surface area (Å²) in [5, 5.41) is 0. The van der Waals surface area contributed by atoms with Gasteiger partial charge in [-0.1, -0.05) is 41.7 Å². The minimum atomic E-state index is -3.72. The lowest BCUT2D eigenvalue weighted by Gasteiger charge is -2.17. The standard InChI is InChI=1S/C26H27N3O5S2/c1-28(18-19-7-5-4-6-8-19)36(31,32)22-12-9-20(10-13-22)25(30)27-26-29(15-16-33-2)23-14-11-21(34-3)17-24(23)35-26/h4-14,17H,15-16,18H2,1-3H3. The molecule has 4 rings (SSSR count). The molecule has 0 bridgehead atoms. The first-order chi connectivity index (χ1) is 17.3. The number of carbonyl (C=O) groups excluding carboxylic acids is 1. The molecule has 0 unspecified atom stereocenters. The average molecular weight is 526 g/mol. The second kappa shape index (κ2) is 11.2. The van der Waals surface area contributed by atoms with Crippen LogP contribution in [0, 0.1) is 0 Å². The predicted molar refractivity (Wildman–Crippen MR) is 140 cm³/mol. The van der Waals surface area contributed by atoms with Crippen molar-refractivity contribution in [3.8, 4) is 5.75 Å². The molecular weight excluding hydrogens is 498 g/mol. The van der Waals surface area contributed by atoms with Gasteiger partial charge >= 0.3 is 0 Å². The van der Waals surface area contributed by atoms with Crippen LogP contribution in [0.4, 0.5) is 0 Å². The fraction of sp³-hybridized carbons (Fsp3) is 0.231. The highest BCUT2D eigenvalue weighted by Gasteiger charge is 2.21. The first-order valence-corrected chi connectivity index (χ1v) is 13.4. The van der Waals surface area contributed by atoms with E-state index in [0.29, 0.717) is 23.5 Å². The Hall–Kier alpha value is -3.31. The molecule has 188 valence electrons. The maximum atomic E-state index is 13.0. The van der Waals surface area contributed by atoms with Gasteiger partial charge in [0.1, 0.15) is 5.75 Å². The van der Waals surface area contributed by atoms with Crippen molar-refractivity contribution < 1.29 is 22.7 Å². The van der Waals surface area contributed by atoms with E-state index in [0.717, 1.165) is 21.5 Å². The largest absolute Gasteiger partial charge is 0.497 e. The number of hydrogen-bond acceptors (Lipinski definition) is 6. The number of hydrogen-bond donors (Lipinski definition) is 0. The molecule has 0 radical (unpaired) electrons. The minimum Gasteiger partial charge on any atom is -0.497 e. The number of amides is 1. The number of methoxy groups -OCH3 is 2. The highest BCUT2D eigenvalue weighted by Crippen LogP contribution is 2.23. The topological polar surface area (TPSA) is 90.2 Å². The van der Waals surface area contributed by atoms with Crippen LogP contribution in [0.2, 0.25) is 0 Å². The maximum absolute atomic E-state index is 13.0. The van der Waals surface area contributed by atoms with Gasteiger partial charge in [-0.25, -0.2) is 8.42 Å². The van der Waals surface area contributed by atoms with Crippen LogP contribution in [-0.4, -0.2) is 51.1 Å². The summed E-state index contributed by atoms with van der Waals surface area (Å²) in [5.74, 6) is 0.260. The number of nitrogens with zero attached hydrogens (tertiary/aromatic N) is 3. The van der Waals surface area contributed by atoms with E-state index in [4.69, 9.17) is 9.47 Å². The van der Waals surface area contributed by atoms with Crippen LogP contribution in [0.15, 0.2) is 82.7 Å². The van der Waals surface area contributed by atoms with Crippen molar-refractivity contribution >= 4 is 37.5 Å². The van der Waals surface area contributed by atoms with E-state index in [1.54, 1.807) is 14.2 Å². The van der Waals surface area contributed by atoms with Crippen molar-refractivity contribution in [1.29, 1.82) is 0 Å². The molecule has 1 amide bonds. The van der Waals surface area contributed by atoms with Crippen molar-refractivity contribution in [3.63, 3.8) is 0 Å². The molecule has 0 N–H and O–H groups in total. The minimum absolute atomic E-state index is 0.113. The van der Waals surface area contributed by atoms with E-state index in [9.17, 15) is 13.2 Å². The third-order valence-electron chi connectivity index (χ3n) is 5.66. The van der Waals surface area contributed by atoms with Gasteiger partial charge in [-0.3, -0.25) is 4.79 Å². The summed E-state index contributed by atoms with van der Waals surface area (Å²) >= 11 is 1.38. The molecule has 8 nitrogen and oxygen atoms in total. The summed E-state index contributed by atoms with van der Waals surface area (Å²) in [6.45, 7) is 1.24. The van der Waals surface area contributed by atoms with E-state index in [-0.39, 0.29) is 11.4 Å². The SMILES string of the molecule is COCCn1c(=NC(=O)c2ccc(S(=O)(=O)N(C)Cc3ccccc3)cc2)sc2cc(OC)ccc21. The zero-order valence-electron chi connectivity index (χ0n) is 20.2. The lowest BCUT2D eigenvalue weighted by molar-refractivity contribution is 0.0997. The molecule has 0 saturated heterocycles. The Morgan fingerprint density at radius 1 is 1.03 bits per heavy atom. The van der Waals surface area contributed by atoms with Gasteiger partial charge in [0, 0.05) is 32.8 Å². The molecular formula is C26H27N3O5S2. The maximum Gasteiger partial charge on any atom is 0.279 e. The van der Waals surface area contributed by atoms with E-state index in [1.165, 1.54) is 47.0 Å². The predicted octanol–water partition coefficient (Wildman–Crippen LogP) is 3.92. The van der Waals surface area contributed by atoms with Gasteiger partial charge in [0.15, 0.2) is 4.80 Å². The van der Waals surface area contributed by atoms with Crippen LogP contribution < -0.4 is 9.54 Å². The Kier molecular flexibility index (Phi) is 8.00. The fourth-order valence-electron chi connectivity index (χ4n) is 3.69. The third-order valence-corrected chi connectivity index (χ3v) is 8.52. The Bertz CT molecular complexity index is 1530. The molecule has 0 spiro atoms. The lowest BCUT2D eigenvalue weighted by atomic mass is 10.2. The molecule has 4 aromatic rings. The molecule has 0 fully saturated rings. The van der Waals surface area contributed by atoms with Gasteiger partial charge in [-0.05, 0) is 48.0 Å². The first kappa shape index (κ1) is 25.8. The van der Waals surface area contributed by atoms with Crippen LogP contribution in [-0.2, 0) is 27.8 Å². The van der Waals surface area contributed by atoms with E-state index in [1.807, 2.05) is 53.1 Å². The number of rotatable bonds is 9. The second-order valence-corrected chi connectivity index (χ2v) is 11.1. The van der Waals surface area contributed by atoms with Gasteiger partial charge in [-0.15, -0.1) is 0 Å². The summed E-state index contributed by atoms with van der Waals surface area (Å²) in [6, 6.07) is 20.9. The summed E-state index contributed by atoms with van der Waals surface area (Å²) in [7, 11) is 1.04. The van der Waals surface area contributed by atoms with Crippen molar-refractivity contribution in [1.82, 2.24) is 8.87 Å². The molecule has 0 atom stereocenters. The molecule has 0 aliphatic rings. The Morgan fingerprint density at radius 3 is 2.42 bits per heavy atom. The molecule has 0 aliphatic carbocycles. The Morgan fingerprint density at radius 2 is 1.75 bits per heavy atom. The van der Waals surface area contributed by atoms with Gasteiger partial charge in [0.25, 0.3) is 5.91 Å². The van der Waals surface area contributed by atoms with Crippen molar-refractivity contribution in [2.24, 2.45) is 4.99 Å². The number of carbonyl (C=O) groups is 1. The molecule has 3 aromatic carbocycles. The molecule has 36 heavy (non-hydrogen) atoms. The van der Waals surface area contributed by atoms with E-state index >= 15 is 0 Å². The molecule has 0 aliphatic heterocycles. The number of aromatic nitrogens is 1. The Balaban J connectivity index is 1.61. The fourth-order valence-corrected chi connectivity index (χ4v) is 5.93. The summed E-state index contributed by atoms with van der Waals surface area (Å²) in [6.07, 6.45) is 0. The monoisotopic (exact) mass is 525 g/mol. The number of fused-ring (bicyclic) bond motifs is 1.